The molecule has 0 bridgehead atoms. The zero-order chi connectivity index (χ0) is 16.3. The predicted octanol–water partition coefficient (Wildman–Crippen LogP) is 4.64. The molecular formula is C15H11BrCl2N2O2. The van der Waals surface area contributed by atoms with Crippen molar-refractivity contribution < 1.29 is 9.59 Å². The van der Waals surface area contributed by atoms with Gasteiger partial charge in [0, 0.05) is 15.2 Å². The number of halogens is 3. The van der Waals surface area contributed by atoms with Crippen LogP contribution in [0.25, 0.3) is 0 Å². The third-order valence-corrected chi connectivity index (χ3v) is 3.88. The van der Waals surface area contributed by atoms with Crippen molar-refractivity contribution >= 4 is 62.3 Å². The highest BCUT2D eigenvalue weighted by molar-refractivity contribution is 9.10. The van der Waals surface area contributed by atoms with E-state index in [1.54, 1.807) is 18.2 Å². The van der Waals surface area contributed by atoms with Crippen LogP contribution in [0.5, 0.6) is 0 Å². The van der Waals surface area contributed by atoms with Gasteiger partial charge in [0.05, 0.1) is 10.7 Å². The number of hydrogen-bond donors (Lipinski definition) is 2. The molecule has 0 saturated carbocycles. The van der Waals surface area contributed by atoms with Crippen LogP contribution in [0.4, 0.5) is 11.4 Å². The summed E-state index contributed by atoms with van der Waals surface area (Å²) in [7, 11) is 0. The Labute approximate surface area is 145 Å². The zero-order valence-corrected chi connectivity index (χ0v) is 14.5. The van der Waals surface area contributed by atoms with Gasteiger partial charge in [0.2, 0.25) is 0 Å². The summed E-state index contributed by atoms with van der Waals surface area (Å²) in [5, 5.41) is 5.67. The molecule has 22 heavy (non-hydrogen) atoms. The molecule has 0 aliphatic heterocycles. The van der Waals surface area contributed by atoms with E-state index in [9.17, 15) is 9.59 Å². The molecule has 2 rings (SSSR count). The maximum absolute atomic E-state index is 11.9. The smallest absolute Gasteiger partial charge is 0.314 e. The van der Waals surface area contributed by atoms with Gasteiger partial charge in [-0.25, -0.2) is 0 Å². The van der Waals surface area contributed by atoms with Gasteiger partial charge in [-0.1, -0.05) is 39.1 Å². The summed E-state index contributed by atoms with van der Waals surface area (Å²) in [4.78, 5) is 23.9. The summed E-state index contributed by atoms with van der Waals surface area (Å²) in [6.45, 7) is 1.83. The van der Waals surface area contributed by atoms with Gasteiger partial charge in [-0.05, 0) is 48.9 Å². The highest BCUT2D eigenvalue weighted by atomic mass is 79.9. The Morgan fingerprint density at radius 1 is 0.955 bits per heavy atom. The molecule has 2 N–H and O–H groups in total. The first kappa shape index (κ1) is 16.8. The number of nitrogens with one attached hydrogen (secondary N) is 2. The van der Waals surface area contributed by atoms with E-state index in [1.165, 1.54) is 12.1 Å². The average Bonchev–Trinajstić information content (AvgIpc) is 2.45. The van der Waals surface area contributed by atoms with E-state index in [2.05, 4.69) is 26.6 Å². The fraction of sp³-hybridized carbons (Fsp3) is 0.0667. The summed E-state index contributed by atoms with van der Waals surface area (Å²) in [6, 6.07) is 9.91. The second kappa shape index (κ2) is 7.13. The van der Waals surface area contributed by atoms with Crippen LogP contribution in [-0.2, 0) is 9.59 Å². The first-order valence-corrected chi connectivity index (χ1v) is 7.75. The van der Waals surface area contributed by atoms with E-state index in [4.69, 9.17) is 23.2 Å². The number of carbonyl (C=O) groups is 2. The van der Waals surface area contributed by atoms with Gasteiger partial charge in [-0.15, -0.1) is 0 Å². The van der Waals surface area contributed by atoms with E-state index in [-0.39, 0.29) is 5.69 Å². The van der Waals surface area contributed by atoms with Crippen LogP contribution in [-0.4, -0.2) is 11.8 Å². The predicted molar refractivity (Wildman–Crippen MR) is 92.6 cm³/mol. The molecule has 0 unspecified atom stereocenters. The van der Waals surface area contributed by atoms with Crippen molar-refractivity contribution in [2.75, 3.05) is 10.6 Å². The summed E-state index contributed by atoms with van der Waals surface area (Å²) in [5.41, 5.74) is 1.67. The van der Waals surface area contributed by atoms with Crippen molar-refractivity contribution in [3.05, 3.63) is 56.5 Å². The Balaban J connectivity index is 2.09. The van der Waals surface area contributed by atoms with Crippen molar-refractivity contribution in [2.24, 2.45) is 0 Å². The van der Waals surface area contributed by atoms with Crippen molar-refractivity contribution in [3.8, 4) is 0 Å². The Bertz CT molecular complexity index is 750. The average molecular weight is 402 g/mol. The van der Waals surface area contributed by atoms with Gasteiger partial charge in [0.15, 0.2) is 0 Å². The molecule has 0 aromatic heterocycles. The number of rotatable bonds is 2. The van der Waals surface area contributed by atoms with Gasteiger partial charge >= 0.3 is 11.8 Å². The lowest BCUT2D eigenvalue weighted by Gasteiger charge is -2.10. The largest absolute Gasteiger partial charge is 0.318 e. The van der Waals surface area contributed by atoms with Crippen LogP contribution in [0.2, 0.25) is 10.0 Å². The lowest BCUT2D eigenvalue weighted by molar-refractivity contribution is -0.133. The van der Waals surface area contributed by atoms with Crippen molar-refractivity contribution in [2.45, 2.75) is 6.92 Å². The molecule has 0 atom stereocenters. The quantitative estimate of drug-likeness (QED) is 0.720. The number of hydrogen-bond acceptors (Lipinski definition) is 2. The Kier molecular flexibility index (Phi) is 5.45. The van der Waals surface area contributed by atoms with Crippen LogP contribution in [0.3, 0.4) is 0 Å². The molecule has 2 amide bonds. The molecule has 0 spiro atoms. The number of carbonyl (C=O) groups excluding carboxylic acids is 2. The third-order valence-electron chi connectivity index (χ3n) is 2.82. The number of amides is 2. The summed E-state index contributed by atoms with van der Waals surface area (Å²) < 4.78 is 0.887. The minimum absolute atomic E-state index is 0.279. The van der Waals surface area contributed by atoms with Gasteiger partial charge < -0.3 is 10.6 Å². The van der Waals surface area contributed by atoms with Gasteiger partial charge in [-0.3, -0.25) is 9.59 Å². The van der Waals surface area contributed by atoms with E-state index >= 15 is 0 Å². The molecule has 0 aliphatic rings. The first-order chi connectivity index (χ1) is 10.4. The van der Waals surface area contributed by atoms with Crippen molar-refractivity contribution in [1.29, 1.82) is 0 Å². The Morgan fingerprint density at radius 3 is 2.23 bits per heavy atom. The first-order valence-electron chi connectivity index (χ1n) is 6.20. The van der Waals surface area contributed by atoms with E-state index in [1.807, 2.05) is 13.0 Å². The lowest BCUT2D eigenvalue weighted by atomic mass is 10.2. The highest BCUT2D eigenvalue weighted by Crippen LogP contribution is 2.25. The molecule has 2 aromatic rings. The van der Waals surface area contributed by atoms with E-state index in [0.29, 0.717) is 15.7 Å². The fourth-order valence-electron chi connectivity index (χ4n) is 1.72. The zero-order valence-electron chi connectivity index (χ0n) is 11.4. The van der Waals surface area contributed by atoms with Crippen molar-refractivity contribution in [3.63, 3.8) is 0 Å². The normalized spacial score (nSPS) is 10.2. The molecule has 4 nitrogen and oxygen atoms in total. The number of aryl methyl sites for hydroxylation is 1. The van der Waals surface area contributed by atoms with E-state index < -0.39 is 11.8 Å². The van der Waals surface area contributed by atoms with Gasteiger partial charge in [0.1, 0.15) is 0 Å². The van der Waals surface area contributed by atoms with Gasteiger partial charge in [0.25, 0.3) is 0 Å². The summed E-state index contributed by atoms with van der Waals surface area (Å²) in [5.74, 6) is -1.62. The second-order valence-corrected chi connectivity index (χ2v) is 6.25. The maximum Gasteiger partial charge on any atom is 0.314 e. The summed E-state index contributed by atoms with van der Waals surface area (Å²) >= 11 is 15.1. The molecular weight excluding hydrogens is 391 g/mol. The molecule has 114 valence electrons. The standard InChI is InChI=1S/C15H11BrCl2N2O2/c1-8-6-9(16)2-5-12(8)19-14(21)15(22)20-13-7-10(17)3-4-11(13)18/h2-7H,1H3,(H,19,21)(H,20,22). The third kappa shape index (κ3) is 4.22. The molecule has 0 radical (unpaired) electrons. The van der Waals surface area contributed by atoms with Crippen LogP contribution in [0.15, 0.2) is 40.9 Å². The monoisotopic (exact) mass is 400 g/mol. The Morgan fingerprint density at radius 2 is 1.59 bits per heavy atom. The van der Waals surface area contributed by atoms with Crippen LogP contribution < -0.4 is 10.6 Å². The van der Waals surface area contributed by atoms with Crippen LogP contribution in [0.1, 0.15) is 5.56 Å². The van der Waals surface area contributed by atoms with Crippen LogP contribution in [0, 0.1) is 6.92 Å². The topological polar surface area (TPSA) is 58.2 Å². The lowest BCUT2D eigenvalue weighted by Crippen LogP contribution is -2.29. The molecule has 0 saturated heterocycles. The maximum atomic E-state index is 11.9. The SMILES string of the molecule is Cc1cc(Br)ccc1NC(=O)C(=O)Nc1cc(Cl)ccc1Cl. The molecule has 2 aromatic carbocycles. The highest BCUT2D eigenvalue weighted by Gasteiger charge is 2.16. The minimum Gasteiger partial charge on any atom is -0.318 e. The van der Waals surface area contributed by atoms with Gasteiger partial charge in [-0.2, -0.15) is 0 Å². The Hall–Kier alpha value is -1.56. The number of benzene rings is 2. The molecule has 7 heteroatoms. The minimum atomic E-state index is -0.827. The van der Waals surface area contributed by atoms with Crippen molar-refractivity contribution in [1.82, 2.24) is 0 Å². The molecule has 0 fully saturated rings. The molecule has 0 aliphatic carbocycles. The number of anilines is 2. The second-order valence-electron chi connectivity index (χ2n) is 4.49. The summed E-state index contributed by atoms with van der Waals surface area (Å²) in [6.07, 6.45) is 0. The van der Waals surface area contributed by atoms with E-state index in [0.717, 1.165) is 10.0 Å². The fourth-order valence-corrected chi connectivity index (χ4v) is 2.53. The molecule has 0 heterocycles. The van der Waals surface area contributed by atoms with Crippen LogP contribution >= 0.6 is 39.1 Å².